The molecule has 1 heterocycles. The van der Waals surface area contributed by atoms with Crippen molar-refractivity contribution in [2.45, 2.75) is 24.5 Å². The summed E-state index contributed by atoms with van der Waals surface area (Å²) in [7, 11) is 0. The molecule has 2 N–H and O–H groups in total. The van der Waals surface area contributed by atoms with Gasteiger partial charge in [-0.3, -0.25) is 9.59 Å². The van der Waals surface area contributed by atoms with Gasteiger partial charge in [-0.05, 0) is 36.8 Å². The maximum atomic E-state index is 12.6. The number of anilines is 1. The zero-order chi connectivity index (χ0) is 19.8. The number of carbonyl (C=O) groups excluding carboxylic acids is 2. The molecule has 0 radical (unpaired) electrons. The molecule has 0 saturated carbocycles. The SMILES string of the molecule is C[C@H](SCc1ccccc1)C(=O)Nc1ccccc1C(=O)NCc1ccco1. The fourth-order valence-electron chi connectivity index (χ4n) is 2.57. The summed E-state index contributed by atoms with van der Waals surface area (Å²) in [5.74, 6) is 1.02. The van der Waals surface area contributed by atoms with Gasteiger partial charge in [0.05, 0.1) is 29.3 Å². The Morgan fingerprint density at radius 2 is 1.75 bits per heavy atom. The van der Waals surface area contributed by atoms with E-state index >= 15 is 0 Å². The van der Waals surface area contributed by atoms with Crippen molar-refractivity contribution in [3.05, 3.63) is 89.9 Å². The quantitative estimate of drug-likeness (QED) is 0.591. The van der Waals surface area contributed by atoms with Gasteiger partial charge in [-0.1, -0.05) is 42.5 Å². The second-order valence-corrected chi connectivity index (χ2v) is 7.56. The Morgan fingerprint density at radius 3 is 2.50 bits per heavy atom. The standard InChI is InChI=1S/C22H22N2O3S/c1-16(28-15-17-8-3-2-4-9-17)21(25)24-20-12-6-5-11-19(20)22(26)23-14-18-10-7-13-27-18/h2-13,16H,14-15H2,1H3,(H,23,26)(H,24,25)/t16-/m0/s1. The summed E-state index contributed by atoms with van der Waals surface area (Å²) in [4.78, 5) is 25.1. The zero-order valence-corrected chi connectivity index (χ0v) is 16.4. The van der Waals surface area contributed by atoms with E-state index in [1.807, 2.05) is 37.3 Å². The van der Waals surface area contributed by atoms with Crippen LogP contribution in [-0.4, -0.2) is 17.1 Å². The highest BCUT2D eigenvalue weighted by atomic mass is 32.2. The van der Waals surface area contributed by atoms with Crippen LogP contribution in [0.15, 0.2) is 77.4 Å². The summed E-state index contributed by atoms with van der Waals surface area (Å²) in [6.45, 7) is 2.15. The number of thioether (sulfide) groups is 1. The fourth-order valence-corrected chi connectivity index (χ4v) is 3.42. The van der Waals surface area contributed by atoms with E-state index in [2.05, 4.69) is 10.6 Å². The van der Waals surface area contributed by atoms with E-state index < -0.39 is 0 Å². The van der Waals surface area contributed by atoms with Crippen LogP contribution in [0.1, 0.15) is 28.6 Å². The Morgan fingerprint density at radius 1 is 1.00 bits per heavy atom. The summed E-state index contributed by atoms with van der Waals surface area (Å²) >= 11 is 1.55. The second-order valence-electron chi connectivity index (χ2n) is 6.24. The van der Waals surface area contributed by atoms with E-state index in [9.17, 15) is 9.59 Å². The Balaban J connectivity index is 1.58. The lowest BCUT2D eigenvalue weighted by Crippen LogP contribution is -2.27. The van der Waals surface area contributed by atoms with Crippen molar-refractivity contribution in [2.75, 3.05) is 5.32 Å². The molecular weight excluding hydrogens is 372 g/mol. The summed E-state index contributed by atoms with van der Waals surface area (Å²) in [6, 6.07) is 20.6. The highest BCUT2D eigenvalue weighted by Gasteiger charge is 2.17. The molecule has 1 atom stereocenters. The molecule has 0 bridgehead atoms. The molecule has 3 aromatic rings. The van der Waals surface area contributed by atoms with Gasteiger partial charge in [0.1, 0.15) is 5.76 Å². The van der Waals surface area contributed by atoms with E-state index in [0.717, 1.165) is 5.75 Å². The minimum atomic E-state index is -0.267. The number of para-hydroxylation sites is 1. The van der Waals surface area contributed by atoms with Gasteiger partial charge in [0, 0.05) is 5.75 Å². The lowest BCUT2D eigenvalue weighted by molar-refractivity contribution is -0.115. The zero-order valence-electron chi connectivity index (χ0n) is 15.6. The lowest BCUT2D eigenvalue weighted by Gasteiger charge is -2.14. The third-order valence-corrected chi connectivity index (χ3v) is 5.36. The summed E-state index contributed by atoms with van der Waals surface area (Å²) in [5, 5.41) is 5.43. The predicted octanol–water partition coefficient (Wildman–Crippen LogP) is 4.47. The van der Waals surface area contributed by atoms with E-state index in [0.29, 0.717) is 17.0 Å². The van der Waals surface area contributed by atoms with Crippen molar-refractivity contribution in [3.63, 3.8) is 0 Å². The second kappa shape index (κ2) is 9.80. The predicted molar refractivity (Wildman–Crippen MR) is 112 cm³/mol. The minimum Gasteiger partial charge on any atom is -0.467 e. The van der Waals surface area contributed by atoms with Crippen LogP contribution >= 0.6 is 11.8 Å². The number of furan rings is 1. The van der Waals surface area contributed by atoms with Crippen LogP contribution in [0.25, 0.3) is 0 Å². The summed E-state index contributed by atoms with van der Waals surface area (Å²) in [5.41, 5.74) is 2.09. The maximum Gasteiger partial charge on any atom is 0.253 e. The average Bonchev–Trinajstić information content (AvgIpc) is 3.25. The molecule has 6 heteroatoms. The summed E-state index contributed by atoms with van der Waals surface area (Å²) < 4.78 is 5.22. The van der Waals surface area contributed by atoms with Crippen molar-refractivity contribution in [1.29, 1.82) is 0 Å². The molecule has 1 aromatic heterocycles. The van der Waals surface area contributed by atoms with Crippen molar-refractivity contribution in [1.82, 2.24) is 5.32 Å². The maximum absolute atomic E-state index is 12.6. The number of rotatable bonds is 8. The monoisotopic (exact) mass is 394 g/mol. The molecule has 0 aliphatic heterocycles. The van der Waals surface area contributed by atoms with E-state index in [4.69, 9.17) is 4.42 Å². The molecule has 144 valence electrons. The number of carbonyl (C=O) groups is 2. The molecule has 2 amide bonds. The molecule has 0 aliphatic carbocycles. The Bertz CT molecular complexity index is 911. The largest absolute Gasteiger partial charge is 0.467 e. The van der Waals surface area contributed by atoms with Crippen LogP contribution in [0.5, 0.6) is 0 Å². The van der Waals surface area contributed by atoms with Gasteiger partial charge >= 0.3 is 0 Å². The number of hydrogen-bond donors (Lipinski definition) is 2. The van der Waals surface area contributed by atoms with Crippen LogP contribution in [-0.2, 0) is 17.1 Å². The van der Waals surface area contributed by atoms with Crippen LogP contribution in [0, 0.1) is 0 Å². The Hall–Kier alpha value is -2.99. The first-order valence-electron chi connectivity index (χ1n) is 8.99. The van der Waals surface area contributed by atoms with E-state index in [1.165, 1.54) is 5.56 Å². The molecule has 5 nitrogen and oxygen atoms in total. The molecular formula is C22H22N2O3S. The van der Waals surface area contributed by atoms with Gasteiger partial charge in [0.25, 0.3) is 5.91 Å². The Kier molecular flexibility index (Phi) is 6.92. The summed E-state index contributed by atoms with van der Waals surface area (Å²) in [6.07, 6.45) is 1.56. The number of hydrogen-bond acceptors (Lipinski definition) is 4. The molecule has 0 unspecified atom stereocenters. The average molecular weight is 394 g/mol. The van der Waals surface area contributed by atoms with E-state index in [-0.39, 0.29) is 23.6 Å². The minimum absolute atomic E-state index is 0.132. The molecule has 2 aromatic carbocycles. The molecule has 0 fully saturated rings. The third kappa shape index (κ3) is 5.50. The van der Waals surface area contributed by atoms with Gasteiger partial charge < -0.3 is 15.1 Å². The smallest absolute Gasteiger partial charge is 0.253 e. The highest BCUT2D eigenvalue weighted by Crippen LogP contribution is 2.21. The first-order chi connectivity index (χ1) is 13.6. The number of nitrogens with one attached hydrogen (secondary N) is 2. The molecule has 0 spiro atoms. The molecule has 0 saturated heterocycles. The Labute approximate surface area is 168 Å². The van der Waals surface area contributed by atoms with Gasteiger partial charge in [0.2, 0.25) is 5.91 Å². The number of amides is 2. The first kappa shape index (κ1) is 19.8. The molecule has 0 aliphatic rings. The van der Waals surface area contributed by atoms with Gasteiger partial charge in [-0.15, -0.1) is 11.8 Å². The van der Waals surface area contributed by atoms with Crippen LogP contribution in [0.3, 0.4) is 0 Å². The van der Waals surface area contributed by atoms with Crippen LogP contribution in [0.4, 0.5) is 5.69 Å². The third-order valence-electron chi connectivity index (χ3n) is 4.14. The molecule has 3 rings (SSSR count). The first-order valence-corrected chi connectivity index (χ1v) is 10.0. The number of benzene rings is 2. The van der Waals surface area contributed by atoms with Gasteiger partial charge in [0.15, 0.2) is 0 Å². The highest BCUT2D eigenvalue weighted by molar-refractivity contribution is 7.99. The van der Waals surface area contributed by atoms with Gasteiger partial charge in [-0.2, -0.15) is 0 Å². The van der Waals surface area contributed by atoms with Crippen molar-refractivity contribution < 1.29 is 14.0 Å². The van der Waals surface area contributed by atoms with Crippen molar-refractivity contribution >= 4 is 29.3 Å². The van der Waals surface area contributed by atoms with Gasteiger partial charge in [-0.25, -0.2) is 0 Å². The van der Waals surface area contributed by atoms with Crippen LogP contribution < -0.4 is 10.6 Å². The van der Waals surface area contributed by atoms with E-state index in [1.54, 1.807) is 54.4 Å². The lowest BCUT2D eigenvalue weighted by atomic mass is 10.1. The molecule has 28 heavy (non-hydrogen) atoms. The fraction of sp³-hybridized carbons (Fsp3) is 0.182. The van der Waals surface area contributed by atoms with Crippen molar-refractivity contribution in [3.8, 4) is 0 Å². The normalized spacial score (nSPS) is 11.6. The van der Waals surface area contributed by atoms with Crippen LogP contribution in [0.2, 0.25) is 0 Å². The van der Waals surface area contributed by atoms with Crippen molar-refractivity contribution in [2.24, 2.45) is 0 Å². The topological polar surface area (TPSA) is 71.3 Å².